The quantitative estimate of drug-likeness (QED) is 0.731. The standard InChI is InChI=1S/C18H28N4O3S/c1-4-21-13-16(12-19-21)26(24,25)22-9-6-18(7-10-22)11-17(23)20(14-18)8-5-15(2)3/h5,12-13H,4,6-11,14H2,1-3H3. The van der Waals surface area contributed by atoms with Gasteiger partial charge in [-0.25, -0.2) is 8.42 Å². The van der Waals surface area contributed by atoms with E-state index < -0.39 is 10.0 Å². The molecule has 0 bridgehead atoms. The Kier molecular flexibility index (Phi) is 5.25. The van der Waals surface area contributed by atoms with Gasteiger partial charge in [0.05, 0.1) is 6.20 Å². The van der Waals surface area contributed by atoms with Crippen molar-refractivity contribution in [3.05, 3.63) is 24.0 Å². The molecular formula is C18H28N4O3S. The second kappa shape index (κ2) is 7.15. The Labute approximate surface area is 155 Å². The third-order valence-corrected chi connectivity index (χ3v) is 7.33. The zero-order valence-corrected chi connectivity index (χ0v) is 16.6. The first-order valence-corrected chi connectivity index (χ1v) is 10.6. The van der Waals surface area contributed by atoms with Gasteiger partial charge in [-0.3, -0.25) is 9.48 Å². The third-order valence-electron chi connectivity index (χ3n) is 5.48. The molecule has 2 saturated heterocycles. The van der Waals surface area contributed by atoms with Crippen LogP contribution in [0.25, 0.3) is 0 Å². The minimum absolute atomic E-state index is 0.0772. The van der Waals surface area contributed by atoms with Crippen molar-refractivity contribution < 1.29 is 13.2 Å². The highest BCUT2D eigenvalue weighted by Crippen LogP contribution is 2.42. The zero-order valence-electron chi connectivity index (χ0n) is 15.8. The number of likely N-dealkylation sites (tertiary alicyclic amines) is 1. The Morgan fingerprint density at radius 2 is 2.00 bits per heavy atom. The number of aromatic nitrogens is 2. The van der Waals surface area contributed by atoms with E-state index in [2.05, 4.69) is 11.2 Å². The van der Waals surface area contributed by atoms with Crippen LogP contribution in [0.15, 0.2) is 28.9 Å². The monoisotopic (exact) mass is 380 g/mol. The van der Waals surface area contributed by atoms with Crippen molar-refractivity contribution >= 4 is 15.9 Å². The number of hydrogen-bond donors (Lipinski definition) is 0. The van der Waals surface area contributed by atoms with Crippen LogP contribution >= 0.6 is 0 Å². The fraction of sp³-hybridized carbons (Fsp3) is 0.667. The number of hydrogen-bond acceptors (Lipinski definition) is 4. The summed E-state index contributed by atoms with van der Waals surface area (Å²) in [6, 6.07) is 0. The molecule has 0 radical (unpaired) electrons. The Hall–Kier alpha value is -1.67. The van der Waals surface area contributed by atoms with E-state index in [4.69, 9.17) is 0 Å². The summed E-state index contributed by atoms with van der Waals surface area (Å²) in [5.41, 5.74) is 1.12. The number of piperidine rings is 1. The average molecular weight is 381 g/mol. The highest BCUT2D eigenvalue weighted by atomic mass is 32.2. The lowest BCUT2D eigenvalue weighted by atomic mass is 9.78. The summed E-state index contributed by atoms with van der Waals surface area (Å²) in [6.45, 7) is 8.93. The lowest BCUT2D eigenvalue weighted by Crippen LogP contribution is -2.44. The summed E-state index contributed by atoms with van der Waals surface area (Å²) in [6.07, 6.45) is 7.06. The molecule has 1 aromatic rings. The van der Waals surface area contributed by atoms with Gasteiger partial charge in [0.25, 0.3) is 0 Å². The van der Waals surface area contributed by atoms with Gasteiger partial charge in [0.15, 0.2) is 0 Å². The summed E-state index contributed by atoms with van der Waals surface area (Å²) in [4.78, 5) is 14.5. The van der Waals surface area contributed by atoms with E-state index in [1.165, 1.54) is 11.8 Å². The molecule has 8 heteroatoms. The van der Waals surface area contributed by atoms with Gasteiger partial charge < -0.3 is 4.90 Å². The molecule has 0 saturated carbocycles. The molecule has 7 nitrogen and oxygen atoms in total. The Balaban J connectivity index is 1.65. The SMILES string of the molecule is CCn1cc(S(=O)(=O)N2CCC3(CC2)CC(=O)N(CC=C(C)C)C3)cn1. The predicted molar refractivity (Wildman–Crippen MR) is 99.0 cm³/mol. The minimum atomic E-state index is -3.50. The number of allylic oxidation sites excluding steroid dienone is 1. The van der Waals surface area contributed by atoms with Crippen molar-refractivity contribution in [1.29, 1.82) is 0 Å². The zero-order chi connectivity index (χ0) is 18.9. The number of carbonyl (C=O) groups is 1. The van der Waals surface area contributed by atoms with Gasteiger partial charge in [0.1, 0.15) is 4.90 Å². The Morgan fingerprint density at radius 1 is 1.31 bits per heavy atom. The van der Waals surface area contributed by atoms with Crippen LogP contribution in [0.3, 0.4) is 0 Å². The summed E-state index contributed by atoms with van der Waals surface area (Å²) >= 11 is 0. The number of nitrogens with zero attached hydrogens (tertiary/aromatic N) is 4. The van der Waals surface area contributed by atoms with Crippen molar-refractivity contribution in [3.63, 3.8) is 0 Å². The normalized spacial score (nSPS) is 20.7. The fourth-order valence-electron chi connectivity index (χ4n) is 3.78. The highest BCUT2D eigenvalue weighted by molar-refractivity contribution is 7.89. The van der Waals surface area contributed by atoms with Crippen LogP contribution in [0, 0.1) is 5.41 Å². The lowest BCUT2D eigenvalue weighted by Gasteiger charge is -2.37. The third kappa shape index (κ3) is 3.71. The Morgan fingerprint density at radius 3 is 2.58 bits per heavy atom. The molecule has 2 aliphatic rings. The van der Waals surface area contributed by atoms with E-state index in [-0.39, 0.29) is 16.2 Å². The van der Waals surface area contributed by atoms with E-state index >= 15 is 0 Å². The molecule has 26 heavy (non-hydrogen) atoms. The van der Waals surface area contributed by atoms with Gasteiger partial charge in [0.2, 0.25) is 15.9 Å². The molecule has 3 heterocycles. The molecule has 144 valence electrons. The van der Waals surface area contributed by atoms with Crippen molar-refractivity contribution in [1.82, 2.24) is 19.0 Å². The van der Waals surface area contributed by atoms with Crippen LogP contribution in [0.4, 0.5) is 0 Å². The van der Waals surface area contributed by atoms with Crippen LogP contribution in [0.2, 0.25) is 0 Å². The molecule has 0 N–H and O–H groups in total. The molecule has 1 spiro atoms. The van der Waals surface area contributed by atoms with Crippen molar-refractivity contribution in [2.75, 3.05) is 26.2 Å². The molecule has 0 atom stereocenters. The van der Waals surface area contributed by atoms with Gasteiger partial charge in [-0.2, -0.15) is 9.40 Å². The molecule has 2 aliphatic heterocycles. The van der Waals surface area contributed by atoms with Crippen LogP contribution in [-0.4, -0.2) is 59.5 Å². The number of amides is 1. The largest absolute Gasteiger partial charge is 0.338 e. The molecule has 0 aliphatic carbocycles. The topological polar surface area (TPSA) is 75.5 Å². The maximum atomic E-state index is 12.8. The maximum absolute atomic E-state index is 12.8. The summed E-state index contributed by atoms with van der Waals surface area (Å²) in [5, 5.41) is 4.08. The average Bonchev–Trinajstić information content (AvgIpc) is 3.19. The summed E-state index contributed by atoms with van der Waals surface area (Å²) in [5.74, 6) is 0.183. The van der Waals surface area contributed by atoms with E-state index in [0.717, 1.165) is 19.4 Å². The van der Waals surface area contributed by atoms with Crippen LogP contribution in [0.1, 0.15) is 40.0 Å². The van der Waals surface area contributed by atoms with Crippen LogP contribution in [-0.2, 0) is 21.4 Å². The van der Waals surface area contributed by atoms with E-state index in [1.54, 1.807) is 15.2 Å². The molecule has 2 fully saturated rings. The highest BCUT2D eigenvalue weighted by Gasteiger charge is 2.46. The number of aryl methyl sites for hydroxylation is 1. The van der Waals surface area contributed by atoms with Gasteiger partial charge in [0, 0.05) is 45.3 Å². The first-order chi connectivity index (χ1) is 12.3. The van der Waals surface area contributed by atoms with Gasteiger partial charge in [-0.15, -0.1) is 0 Å². The minimum Gasteiger partial charge on any atom is -0.338 e. The van der Waals surface area contributed by atoms with Crippen molar-refractivity contribution in [2.45, 2.75) is 51.5 Å². The molecular weight excluding hydrogens is 352 g/mol. The molecule has 1 amide bonds. The number of rotatable bonds is 5. The first-order valence-electron chi connectivity index (χ1n) is 9.19. The molecule has 3 rings (SSSR count). The smallest absolute Gasteiger partial charge is 0.246 e. The Bertz CT molecular complexity index is 800. The maximum Gasteiger partial charge on any atom is 0.246 e. The second-order valence-electron chi connectivity index (χ2n) is 7.67. The molecule has 1 aromatic heterocycles. The molecule has 0 unspecified atom stereocenters. The summed E-state index contributed by atoms with van der Waals surface area (Å²) in [7, 11) is -3.50. The van der Waals surface area contributed by atoms with E-state index in [1.807, 2.05) is 25.7 Å². The van der Waals surface area contributed by atoms with E-state index in [0.29, 0.717) is 32.6 Å². The first kappa shape index (κ1) is 19.1. The van der Waals surface area contributed by atoms with Crippen molar-refractivity contribution in [2.24, 2.45) is 5.41 Å². The lowest BCUT2D eigenvalue weighted by molar-refractivity contribution is -0.127. The van der Waals surface area contributed by atoms with Crippen LogP contribution < -0.4 is 0 Å². The van der Waals surface area contributed by atoms with Gasteiger partial charge >= 0.3 is 0 Å². The summed E-state index contributed by atoms with van der Waals surface area (Å²) < 4.78 is 28.8. The fourth-order valence-corrected chi connectivity index (χ4v) is 5.17. The van der Waals surface area contributed by atoms with Crippen LogP contribution in [0.5, 0.6) is 0 Å². The van der Waals surface area contributed by atoms with Crippen molar-refractivity contribution in [3.8, 4) is 0 Å². The van der Waals surface area contributed by atoms with Gasteiger partial charge in [-0.05, 0) is 39.0 Å². The number of carbonyl (C=O) groups excluding carboxylic acids is 1. The second-order valence-corrected chi connectivity index (χ2v) is 9.61. The predicted octanol–water partition coefficient (Wildman–Crippen LogP) is 1.87. The van der Waals surface area contributed by atoms with E-state index in [9.17, 15) is 13.2 Å². The number of sulfonamides is 1. The van der Waals surface area contributed by atoms with Gasteiger partial charge in [-0.1, -0.05) is 11.6 Å². The molecule has 0 aromatic carbocycles.